The highest BCUT2D eigenvalue weighted by Crippen LogP contribution is 2.31. The monoisotopic (exact) mass is 491 g/mol. The lowest BCUT2D eigenvalue weighted by Crippen LogP contribution is -2.10. The fourth-order valence-electron chi connectivity index (χ4n) is 2.53. The van der Waals surface area contributed by atoms with Gasteiger partial charge in [0.2, 0.25) is 20.1 Å². The van der Waals surface area contributed by atoms with Crippen molar-refractivity contribution < 1.29 is 17.6 Å². The van der Waals surface area contributed by atoms with E-state index in [1.165, 1.54) is 47.4 Å². The number of carbonyl (C=O) groups is 1. The van der Waals surface area contributed by atoms with Gasteiger partial charge in [0.1, 0.15) is 0 Å². The molecule has 0 aliphatic carbocycles. The van der Waals surface area contributed by atoms with Crippen LogP contribution < -0.4 is 5.32 Å². The smallest absolute Gasteiger partial charge is 0.293 e. The van der Waals surface area contributed by atoms with Gasteiger partial charge in [-0.15, -0.1) is 10.2 Å². The Hall–Kier alpha value is -2.66. The number of amides is 1. The zero-order valence-electron chi connectivity index (χ0n) is 15.7. The Morgan fingerprint density at radius 2 is 1.77 bits per heavy atom. The summed E-state index contributed by atoms with van der Waals surface area (Å²) >= 11 is 8.79. The fraction of sp³-hybridized carbons (Fsp3) is 0.0500. The van der Waals surface area contributed by atoms with Gasteiger partial charge in [0.15, 0.2) is 10.1 Å². The van der Waals surface area contributed by atoms with E-state index < -0.39 is 15.7 Å². The van der Waals surface area contributed by atoms with E-state index in [4.69, 9.17) is 16.0 Å². The average molecular weight is 492 g/mol. The maximum Gasteiger partial charge on any atom is 0.293 e. The molecule has 1 amide bonds. The first-order chi connectivity index (χ1) is 14.9. The summed E-state index contributed by atoms with van der Waals surface area (Å²) < 4.78 is 31.1. The van der Waals surface area contributed by atoms with Crippen molar-refractivity contribution in [3.05, 3.63) is 83.1 Å². The van der Waals surface area contributed by atoms with Crippen LogP contribution in [0.1, 0.15) is 16.1 Å². The molecule has 4 rings (SSSR count). The number of benzene rings is 2. The number of furan rings is 1. The zero-order chi connectivity index (χ0) is 21.8. The number of carbonyl (C=O) groups excluding carboxylic acids is 1. The highest BCUT2D eigenvalue weighted by molar-refractivity contribution is 8.00. The maximum absolute atomic E-state index is 12.6. The van der Waals surface area contributed by atoms with Gasteiger partial charge in [0.25, 0.3) is 5.91 Å². The van der Waals surface area contributed by atoms with Gasteiger partial charge in [-0.1, -0.05) is 71.1 Å². The van der Waals surface area contributed by atoms with Crippen LogP contribution in [0.2, 0.25) is 5.02 Å². The van der Waals surface area contributed by atoms with Crippen LogP contribution >= 0.6 is 34.7 Å². The molecule has 0 atom stereocenters. The number of sulfone groups is 1. The van der Waals surface area contributed by atoms with Crippen molar-refractivity contribution in [2.45, 2.75) is 20.1 Å². The minimum Gasteiger partial charge on any atom is -0.439 e. The summed E-state index contributed by atoms with van der Waals surface area (Å²) in [5, 5.41) is 11.2. The van der Waals surface area contributed by atoms with Gasteiger partial charge in [-0.25, -0.2) is 8.42 Å². The van der Waals surface area contributed by atoms with Crippen LogP contribution in [-0.4, -0.2) is 24.5 Å². The Labute approximate surface area is 191 Å². The van der Waals surface area contributed by atoms with Gasteiger partial charge < -0.3 is 4.42 Å². The van der Waals surface area contributed by atoms with E-state index in [0.29, 0.717) is 15.1 Å². The number of nitrogens with zero attached hydrogens (tertiary/aromatic N) is 2. The van der Waals surface area contributed by atoms with Crippen LogP contribution in [0.3, 0.4) is 0 Å². The van der Waals surface area contributed by atoms with Crippen LogP contribution in [0.15, 0.2) is 85.5 Å². The van der Waals surface area contributed by atoms with E-state index in [0.717, 1.165) is 5.56 Å². The molecule has 158 valence electrons. The van der Waals surface area contributed by atoms with Crippen LogP contribution in [0, 0.1) is 0 Å². The molecule has 0 aliphatic heterocycles. The second-order valence-electron chi connectivity index (χ2n) is 6.14. The summed E-state index contributed by atoms with van der Waals surface area (Å²) in [5.74, 6) is -0.149. The minimum absolute atomic E-state index is 0.0839. The molecule has 7 nitrogen and oxygen atoms in total. The van der Waals surface area contributed by atoms with Crippen molar-refractivity contribution in [1.82, 2.24) is 10.2 Å². The molecule has 0 fully saturated rings. The van der Waals surface area contributed by atoms with E-state index in [9.17, 15) is 13.2 Å². The molecular formula is C20H14ClN3O4S3. The number of thioether (sulfide) groups is 1. The van der Waals surface area contributed by atoms with Crippen LogP contribution in [0.5, 0.6) is 0 Å². The normalized spacial score (nSPS) is 11.4. The molecule has 0 saturated carbocycles. The number of hydrogen-bond donors (Lipinski definition) is 1. The largest absolute Gasteiger partial charge is 0.439 e. The molecular weight excluding hydrogens is 478 g/mol. The summed E-state index contributed by atoms with van der Waals surface area (Å²) in [4.78, 5) is 12.5. The molecule has 31 heavy (non-hydrogen) atoms. The molecule has 1 N–H and O–H groups in total. The SMILES string of the molecule is O=C(Nc1nnc(SCc2ccccc2Cl)s1)c1ccc(S(=O)(=O)c2ccccc2)o1. The van der Waals surface area contributed by atoms with Crippen molar-refractivity contribution in [3.8, 4) is 0 Å². The number of rotatable bonds is 7. The number of hydrogen-bond acceptors (Lipinski definition) is 8. The van der Waals surface area contributed by atoms with Crippen molar-refractivity contribution in [2.24, 2.45) is 0 Å². The van der Waals surface area contributed by atoms with Gasteiger partial charge in [-0.3, -0.25) is 10.1 Å². The minimum atomic E-state index is -3.84. The molecule has 0 unspecified atom stereocenters. The summed E-state index contributed by atoms with van der Waals surface area (Å²) in [6.07, 6.45) is 0. The van der Waals surface area contributed by atoms with E-state index >= 15 is 0 Å². The van der Waals surface area contributed by atoms with Gasteiger partial charge in [-0.2, -0.15) is 0 Å². The van der Waals surface area contributed by atoms with Crippen LogP contribution in [0.4, 0.5) is 5.13 Å². The van der Waals surface area contributed by atoms with Crippen molar-refractivity contribution in [1.29, 1.82) is 0 Å². The first-order valence-electron chi connectivity index (χ1n) is 8.84. The molecule has 0 aliphatic rings. The first-order valence-corrected chi connectivity index (χ1v) is 12.5. The summed E-state index contributed by atoms with van der Waals surface area (Å²) in [7, 11) is -3.84. The number of aromatic nitrogens is 2. The van der Waals surface area contributed by atoms with Gasteiger partial charge in [0, 0.05) is 10.8 Å². The standard InChI is InChI=1S/C20H14ClN3O4S3/c21-15-9-5-4-6-13(15)12-29-20-24-23-19(30-20)22-18(25)16-10-11-17(28-16)31(26,27)14-7-2-1-3-8-14/h1-11H,12H2,(H,22,23,25). The van der Waals surface area contributed by atoms with Crippen molar-refractivity contribution >= 4 is 55.6 Å². The Balaban J connectivity index is 1.41. The second-order valence-corrected chi connectivity index (χ2v) is 10.6. The van der Waals surface area contributed by atoms with E-state index in [-0.39, 0.29) is 20.9 Å². The third-order valence-electron chi connectivity index (χ3n) is 4.06. The second kappa shape index (κ2) is 9.23. The van der Waals surface area contributed by atoms with E-state index in [1.54, 1.807) is 18.2 Å². The van der Waals surface area contributed by atoms with Gasteiger partial charge >= 0.3 is 0 Å². The Bertz CT molecular complexity index is 1320. The highest BCUT2D eigenvalue weighted by Gasteiger charge is 2.23. The van der Waals surface area contributed by atoms with Gasteiger partial charge in [-0.05, 0) is 35.9 Å². The lowest BCUT2D eigenvalue weighted by molar-refractivity contribution is 0.0991. The Morgan fingerprint density at radius 3 is 2.55 bits per heavy atom. The molecule has 2 heterocycles. The molecule has 2 aromatic carbocycles. The highest BCUT2D eigenvalue weighted by atomic mass is 35.5. The molecule has 0 radical (unpaired) electrons. The summed E-state index contributed by atoms with van der Waals surface area (Å²) in [6.45, 7) is 0. The Morgan fingerprint density at radius 1 is 1.03 bits per heavy atom. The summed E-state index contributed by atoms with van der Waals surface area (Å²) in [6, 6.07) is 17.9. The van der Waals surface area contributed by atoms with E-state index in [1.807, 2.05) is 24.3 Å². The molecule has 2 aromatic heterocycles. The van der Waals surface area contributed by atoms with Crippen molar-refractivity contribution in [2.75, 3.05) is 5.32 Å². The number of anilines is 1. The summed E-state index contributed by atoms with van der Waals surface area (Å²) in [5.41, 5.74) is 0.970. The number of halogens is 1. The Kier molecular flexibility index (Phi) is 6.42. The molecule has 4 aromatic rings. The van der Waals surface area contributed by atoms with Crippen LogP contribution in [-0.2, 0) is 15.6 Å². The average Bonchev–Trinajstić information content (AvgIpc) is 3.44. The molecule has 11 heteroatoms. The number of nitrogens with one attached hydrogen (secondary N) is 1. The van der Waals surface area contributed by atoms with Crippen molar-refractivity contribution in [3.63, 3.8) is 0 Å². The van der Waals surface area contributed by atoms with Gasteiger partial charge in [0.05, 0.1) is 4.90 Å². The maximum atomic E-state index is 12.6. The fourth-order valence-corrected chi connectivity index (χ4v) is 5.76. The predicted molar refractivity (Wildman–Crippen MR) is 119 cm³/mol. The van der Waals surface area contributed by atoms with Crippen LogP contribution in [0.25, 0.3) is 0 Å². The third-order valence-corrected chi connectivity index (χ3v) is 8.09. The molecule has 0 spiro atoms. The first kappa shape index (κ1) is 21.6. The lowest BCUT2D eigenvalue weighted by atomic mass is 10.2. The molecule has 0 bridgehead atoms. The quantitative estimate of drug-likeness (QED) is 0.281. The topological polar surface area (TPSA) is 102 Å². The molecule has 0 saturated heterocycles. The van der Waals surface area contributed by atoms with E-state index in [2.05, 4.69) is 15.5 Å². The predicted octanol–water partition coefficient (Wildman–Crippen LogP) is 5.16. The lowest BCUT2D eigenvalue weighted by Gasteiger charge is -2.01. The zero-order valence-corrected chi connectivity index (χ0v) is 18.9. The third kappa shape index (κ3) is 4.99.